The molecule has 1 fully saturated rings. The molecule has 0 spiro atoms. The van der Waals surface area contributed by atoms with Gasteiger partial charge in [-0.1, -0.05) is 12.1 Å². The maximum atomic E-state index is 13.0. The zero-order valence-electron chi connectivity index (χ0n) is 13.2. The molecule has 1 saturated heterocycles. The minimum atomic E-state index is -0.185. The van der Waals surface area contributed by atoms with E-state index in [1.165, 1.54) is 17.7 Å². The maximum Gasteiger partial charge on any atom is 0.198 e. The average molecular weight is 336 g/mol. The van der Waals surface area contributed by atoms with E-state index in [1.807, 2.05) is 19.2 Å². The molecule has 7 heteroatoms. The summed E-state index contributed by atoms with van der Waals surface area (Å²) < 4.78 is 17.1. The SMILES string of the molecule is Cn1c(CO)nn(CN2CCC(c3ccc(F)cc3)CC2)c1=S. The highest BCUT2D eigenvalue weighted by Crippen LogP contribution is 2.28. The van der Waals surface area contributed by atoms with Crippen LogP contribution in [0.25, 0.3) is 0 Å². The predicted molar refractivity (Wildman–Crippen MR) is 87.9 cm³/mol. The molecule has 0 unspecified atom stereocenters. The first-order valence-electron chi connectivity index (χ1n) is 7.80. The Bertz CT molecular complexity index is 717. The standard InChI is InChI=1S/C16H21FN4OS/c1-19-15(10-22)18-21(16(19)23)11-20-8-6-13(7-9-20)12-2-4-14(17)5-3-12/h2-5,13,22H,6-11H2,1H3. The summed E-state index contributed by atoms with van der Waals surface area (Å²) in [5.41, 5.74) is 1.21. The summed E-state index contributed by atoms with van der Waals surface area (Å²) in [5.74, 6) is 0.878. The van der Waals surface area contributed by atoms with Gasteiger partial charge in [0.15, 0.2) is 10.6 Å². The molecule has 2 aromatic rings. The van der Waals surface area contributed by atoms with Crippen LogP contribution < -0.4 is 0 Å². The summed E-state index contributed by atoms with van der Waals surface area (Å²) in [6.07, 6.45) is 2.08. The first kappa shape index (κ1) is 16.3. The second kappa shape index (κ2) is 6.90. The number of aliphatic hydroxyl groups is 1. The first-order chi connectivity index (χ1) is 11.1. The Labute approximate surface area is 140 Å². The second-order valence-electron chi connectivity index (χ2n) is 6.00. The monoisotopic (exact) mass is 336 g/mol. The molecule has 1 aromatic carbocycles. The van der Waals surface area contributed by atoms with Crippen LogP contribution in [0.5, 0.6) is 0 Å². The lowest BCUT2D eigenvalue weighted by molar-refractivity contribution is 0.159. The molecule has 5 nitrogen and oxygen atoms in total. The van der Waals surface area contributed by atoms with Crippen LogP contribution in [-0.4, -0.2) is 37.4 Å². The topological polar surface area (TPSA) is 46.2 Å². The fraction of sp³-hybridized carbons (Fsp3) is 0.500. The Balaban J connectivity index is 1.61. The van der Waals surface area contributed by atoms with E-state index < -0.39 is 0 Å². The molecule has 2 heterocycles. The number of rotatable bonds is 4. The van der Waals surface area contributed by atoms with Gasteiger partial charge in [0, 0.05) is 20.1 Å². The smallest absolute Gasteiger partial charge is 0.198 e. The van der Waals surface area contributed by atoms with Gasteiger partial charge in [-0.3, -0.25) is 4.90 Å². The minimum Gasteiger partial charge on any atom is -0.388 e. The van der Waals surface area contributed by atoms with Crippen LogP contribution in [0.3, 0.4) is 0 Å². The van der Waals surface area contributed by atoms with Gasteiger partial charge in [-0.05, 0) is 48.7 Å². The van der Waals surface area contributed by atoms with E-state index in [2.05, 4.69) is 10.00 Å². The number of aromatic nitrogens is 3. The second-order valence-corrected chi connectivity index (χ2v) is 6.37. The third-order valence-electron chi connectivity index (χ3n) is 4.54. The van der Waals surface area contributed by atoms with E-state index in [0.29, 0.717) is 23.2 Å². The molecule has 124 valence electrons. The molecule has 1 aromatic heterocycles. The quantitative estimate of drug-likeness (QED) is 0.871. The average Bonchev–Trinajstić information content (AvgIpc) is 2.84. The van der Waals surface area contributed by atoms with Crippen molar-refractivity contribution >= 4 is 12.2 Å². The van der Waals surface area contributed by atoms with E-state index in [1.54, 1.807) is 9.25 Å². The van der Waals surface area contributed by atoms with E-state index in [-0.39, 0.29) is 12.4 Å². The summed E-state index contributed by atoms with van der Waals surface area (Å²) in [6.45, 7) is 2.44. The minimum absolute atomic E-state index is 0.111. The molecule has 0 radical (unpaired) electrons. The van der Waals surface area contributed by atoms with Gasteiger partial charge in [0.25, 0.3) is 0 Å². The highest BCUT2D eigenvalue weighted by molar-refractivity contribution is 7.71. The van der Waals surface area contributed by atoms with Crippen LogP contribution in [0.15, 0.2) is 24.3 Å². The molecule has 0 aliphatic carbocycles. The molecular weight excluding hydrogens is 315 g/mol. The lowest BCUT2D eigenvalue weighted by Gasteiger charge is -2.31. The number of halogens is 1. The lowest BCUT2D eigenvalue weighted by Crippen LogP contribution is -2.35. The van der Waals surface area contributed by atoms with E-state index in [0.717, 1.165) is 25.9 Å². The number of benzene rings is 1. The number of nitrogens with zero attached hydrogens (tertiary/aromatic N) is 4. The van der Waals surface area contributed by atoms with Crippen LogP contribution in [0, 0.1) is 10.6 Å². The molecule has 3 rings (SSSR count). The van der Waals surface area contributed by atoms with Gasteiger partial charge in [-0.15, -0.1) is 0 Å². The molecule has 0 atom stereocenters. The van der Waals surface area contributed by atoms with E-state index >= 15 is 0 Å². The van der Waals surface area contributed by atoms with Crippen molar-refractivity contribution in [2.45, 2.75) is 32.0 Å². The molecule has 0 saturated carbocycles. The van der Waals surface area contributed by atoms with Gasteiger partial charge in [-0.25, -0.2) is 9.07 Å². The fourth-order valence-corrected chi connectivity index (χ4v) is 3.30. The summed E-state index contributed by atoms with van der Waals surface area (Å²) in [4.78, 5) is 2.31. The normalized spacial score (nSPS) is 16.8. The van der Waals surface area contributed by atoms with Crippen LogP contribution in [-0.2, 0) is 20.3 Å². The molecule has 1 aliphatic rings. The molecule has 23 heavy (non-hydrogen) atoms. The third kappa shape index (κ3) is 3.52. The number of hydrogen-bond acceptors (Lipinski definition) is 4. The molecule has 1 N–H and O–H groups in total. The summed E-state index contributed by atoms with van der Waals surface area (Å²) in [5, 5.41) is 13.6. The predicted octanol–water partition coefficient (Wildman–Crippen LogP) is 2.42. The zero-order chi connectivity index (χ0) is 16.4. The van der Waals surface area contributed by atoms with Crippen molar-refractivity contribution in [3.8, 4) is 0 Å². The van der Waals surface area contributed by atoms with Crippen molar-refractivity contribution in [1.82, 2.24) is 19.2 Å². The molecule has 0 bridgehead atoms. The van der Waals surface area contributed by atoms with Crippen LogP contribution in [0.1, 0.15) is 30.1 Å². The Kier molecular flexibility index (Phi) is 4.89. The van der Waals surface area contributed by atoms with Crippen molar-refractivity contribution in [2.75, 3.05) is 13.1 Å². The van der Waals surface area contributed by atoms with Crippen LogP contribution >= 0.6 is 12.2 Å². The van der Waals surface area contributed by atoms with Crippen molar-refractivity contribution in [1.29, 1.82) is 0 Å². The molecule has 1 aliphatic heterocycles. The van der Waals surface area contributed by atoms with Gasteiger partial charge < -0.3 is 9.67 Å². The highest BCUT2D eigenvalue weighted by Gasteiger charge is 2.21. The van der Waals surface area contributed by atoms with E-state index in [4.69, 9.17) is 12.2 Å². The summed E-state index contributed by atoms with van der Waals surface area (Å²) in [6, 6.07) is 6.84. The van der Waals surface area contributed by atoms with Gasteiger partial charge in [0.1, 0.15) is 12.4 Å². The maximum absolute atomic E-state index is 13.0. The number of hydrogen-bond donors (Lipinski definition) is 1. The van der Waals surface area contributed by atoms with Crippen molar-refractivity contribution in [3.63, 3.8) is 0 Å². The summed E-state index contributed by atoms with van der Waals surface area (Å²) in [7, 11) is 1.82. The Hall–Kier alpha value is -1.57. The fourth-order valence-electron chi connectivity index (χ4n) is 3.09. The Morgan fingerprint density at radius 3 is 2.48 bits per heavy atom. The van der Waals surface area contributed by atoms with Gasteiger partial charge in [0.05, 0.1) is 6.67 Å². The largest absolute Gasteiger partial charge is 0.388 e. The zero-order valence-corrected chi connectivity index (χ0v) is 14.0. The number of likely N-dealkylation sites (tertiary alicyclic amines) is 1. The van der Waals surface area contributed by atoms with Gasteiger partial charge in [-0.2, -0.15) is 5.10 Å². The third-order valence-corrected chi connectivity index (χ3v) is 5.02. The Morgan fingerprint density at radius 1 is 1.26 bits per heavy atom. The van der Waals surface area contributed by atoms with Crippen LogP contribution in [0.4, 0.5) is 4.39 Å². The van der Waals surface area contributed by atoms with Crippen molar-refractivity contribution in [3.05, 3.63) is 46.2 Å². The van der Waals surface area contributed by atoms with Crippen molar-refractivity contribution < 1.29 is 9.50 Å². The molecule has 0 amide bonds. The van der Waals surface area contributed by atoms with Gasteiger partial charge in [0.2, 0.25) is 0 Å². The van der Waals surface area contributed by atoms with Gasteiger partial charge >= 0.3 is 0 Å². The Morgan fingerprint density at radius 2 is 1.91 bits per heavy atom. The lowest BCUT2D eigenvalue weighted by atomic mass is 9.89. The molecular formula is C16H21FN4OS. The number of piperidine rings is 1. The van der Waals surface area contributed by atoms with Crippen LogP contribution in [0.2, 0.25) is 0 Å². The van der Waals surface area contributed by atoms with Crippen molar-refractivity contribution in [2.24, 2.45) is 7.05 Å². The van der Waals surface area contributed by atoms with E-state index in [9.17, 15) is 9.50 Å². The summed E-state index contributed by atoms with van der Waals surface area (Å²) >= 11 is 5.35. The number of aliphatic hydroxyl groups excluding tert-OH is 1. The highest BCUT2D eigenvalue weighted by atomic mass is 32.1. The first-order valence-corrected chi connectivity index (χ1v) is 8.20.